The Morgan fingerprint density at radius 3 is 2.93 bits per heavy atom. The molecule has 2 aliphatic rings. The second-order valence-corrected chi connectivity index (χ2v) is 7.59. The van der Waals surface area contributed by atoms with Crippen molar-refractivity contribution in [3.63, 3.8) is 0 Å². The summed E-state index contributed by atoms with van der Waals surface area (Å²) >= 11 is 0. The van der Waals surface area contributed by atoms with Crippen molar-refractivity contribution in [2.24, 2.45) is 0 Å². The van der Waals surface area contributed by atoms with Crippen LogP contribution in [0.4, 0.5) is 5.82 Å². The van der Waals surface area contributed by atoms with Crippen LogP contribution in [0.3, 0.4) is 0 Å². The Labute approximate surface area is 159 Å². The summed E-state index contributed by atoms with van der Waals surface area (Å²) < 4.78 is 1.66. The van der Waals surface area contributed by atoms with Crippen molar-refractivity contribution >= 4 is 5.82 Å². The van der Waals surface area contributed by atoms with E-state index in [2.05, 4.69) is 25.3 Å². The van der Waals surface area contributed by atoms with Crippen LogP contribution in [0, 0.1) is 6.92 Å². The molecule has 2 aromatic heterocycles. The van der Waals surface area contributed by atoms with Gasteiger partial charge in [-0.25, -0.2) is 9.67 Å². The summed E-state index contributed by atoms with van der Waals surface area (Å²) in [7, 11) is 0. The third kappa shape index (κ3) is 4.18. The minimum atomic E-state index is 0.0394. The van der Waals surface area contributed by atoms with Crippen LogP contribution in [-0.4, -0.2) is 50.3 Å². The lowest BCUT2D eigenvalue weighted by molar-refractivity contribution is 0.148. The molecule has 27 heavy (non-hydrogen) atoms. The Bertz CT molecular complexity index is 849. The average molecular weight is 368 g/mol. The van der Waals surface area contributed by atoms with Crippen LogP contribution >= 0.6 is 0 Å². The van der Waals surface area contributed by atoms with Gasteiger partial charge >= 0.3 is 0 Å². The highest BCUT2D eigenvalue weighted by Crippen LogP contribution is 2.19. The number of aryl methyl sites for hydroxylation is 3. The molecule has 1 saturated heterocycles. The number of anilines is 1. The number of fused-ring (bicyclic) bond motifs is 1. The van der Waals surface area contributed by atoms with E-state index in [1.165, 1.54) is 19.3 Å². The molecule has 1 aliphatic heterocycles. The number of rotatable bonds is 6. The van der Waals surface area contributed by atoms with Gasteiger partial charge in [0.05, 0.1) is 17.9 Å². The minimum absolute atomic E-state index is 0.0394. The lowest BCUT2D eigenvalue weighted by Crippen LogP contribution is -2.45. The molecule has 1 N–H and O–H groups in total. The Balaban J connectivity index is 1.38. The zero-order chi connectivity index (χ0) is 18.6. The first-order valence-electron chi connectivity index (χ1n) is 10.1. The van der Waals surface area contributed by atoms with E-state index in [1.807, 2.05) is 6.92 Å². The molecule has 1 atom stereocenters. The smallest absolute Gasteiger partial charge is 0.267 e. The number of aromatic nitrogens is 4. The quantitative estimate of drug-likeness (QED) is 0.838. The zero-order valence-electron chi connectivity index (χ0n) is 16.0. The van der Waals surface area contributed by atoms with E-state index in [4.69, 9.17) is 0 Å². The largest absolute Gasteiger partial charge is 0.367 e. The van der Waals surface area contributed by atoms with Crippen molar-refractivity contribution in [1.82, 2.24) is 24.6 Å². The number of hydrogen-bond acceptors (Lipinski definition) is 6. The first-order chi connectivity index (χ1) is 13.2. The molecule has 2 aromatic rings. The summed E-state index contributed by atoms with van der Waals surface area (Å²) in [6.45, 7) is 5.42. The van der Waals surface area contributed by atoms with Crippen LogP contribution in [0.1, 0.15) is 42.6 Å². The molecule has 7 heteroatoms. The molecule has 3 heterocycles. The Morgan fingerprint density at radius 2 is 2.04 bits per heavy atom. The van der Waals surface area contributed by atoms with Crippen LogP contribution in [-0.2, 0) is 19.4 Å². The van der Waals surface area contributed by atoms with Gasteiger partial charge in [-0.1, -0.05) is 6.42 Å². The highest BCUT2D eigenvalue weighted by molar-refractivity contribution is 5.38. The maximum Gasteiger partial charge on any atom is 0.267 e. The maximum absolute atomic E-state index is 12.3. The molecule has 0 radical (unpaired) electrons. The van der Waals surface area contributed by atoms with Gasteiger partial charge in [0.2, 0.25) is 0 Å². The van der Waals surface area contributed by atoms with Gasteiger partial charge in [-0.3, -0.25) is 14.7 Å². The van der Waals surface area contributed by atoms with Gasteiger partial charge in [0.25, 0.3) is 5.56 Å². The predicted molar refractivity (Wildman–Crippen MR) is 105 cm³/mol. The maximum atomic E-state index is 12.3. The normalized spacial score (nSPS) is 19.8. The fourth-order valence-electron chi connectivity index (χ4n) is 4.20. The van der Waals surface area contributed by atoms with E-state index in [-0.39, 0.29) is 5.56 Å². The van der Waals surface area contributed by atoms with Crippen molar-refractivity contribution in [3.8, 4) is 0 Å². The molecule has 0 amide bonds. The van der Waals surface area contributed by atoms with Crippen molar-refractivity contribution in [3.05, 3.63) is 45.8 Å². The highest BCUT2D eigenvalue weighted by atomic mass is 16.1. The average Bonchev–Trinajstić information content (AvgIpc) is 3.13. The second-order valence-electron chi connectivity index (χ2n) is 7.59. The van der Waals surface area contributed by atoms with Gasteiger partial charge in [-0.2, -0.15) is 5.10 Å². The van der Waals surface area contributed by atoms with Crippen molar-refractivity contribution in [1.29, 1.82) is 0 Å². The summed E-state index contributed by atoms with van der Waals surface area (Å²) in [6.07, 6.45) is 10.2. The van der Waals surface area contributed by atoms with Gasteiger partial charge in [-0.05, 0) is 51.1 Å². The first-order valence-corrected chi connectivity index (χ1v) is 10.1. The van der Waals surface area contributed by atoms with Gasteiger partial charge in [-0.15, -0.1) is 0 Å². The lowest BCUT2D eigenvalue weighted by Gasteiger charge is -2.36. The molecule has 0 bridgehead atoms. The van der Waals surface area contributed by atoms with E-state index in [0.29, 0.717) is 12.6 Å². The molecule has 144 valence electrons. The molecule has 7 nitrogen and oxygen atoms in total. The Morgan fingerprint density at radius 1 is 1.15 bits per heavy atom. The van der Waals surface area contributed by atoms with E-state index in [0.717, 1.165) is 61.7 Å². The molecule has 1 fully saturated rings. The van der Waals surface area contributed by atoms with Crippen LogP contribution < -0.4 is 10.9 Å². The minimum Gasteiger partial charge on any atom is -0.367 e. The zero-order valence-corrected chi connectivity index (χ0v) is 16.0. The van der Waals surface area contributed by atoms with Crippen LogP contribution in [0.5, 0.6) is 0 Å². The number of nitrogens with zero attached hydrogens (tertiary/aromatic N) is 5. The molecule has 1 aliphatic carbocycles. The third-order valence-electron chi connectivity index (χ3n) is 5.76. The van der Waals surface area contributed by atoms with Gasteiger partial charge in [0.1, 0.15) is 5.82 Å². The topological polar surface area (TPSA) is 75.9 Å². The van der Waals surface area contributed by atoms with E-state index >= 15 is 0 Å². The van der Waals surface area contributed by atoms with Crippen LogP contribution in [0.15, 0.2) is 23.3 Å². The monoisotopic (exact) mass is 368 g/mol. The number of nitrogens with one attached hydrogen (secondary N) is 1. The van der Waals surface area contributed by atoms with Crippen molar-refractivity contribution in [2.75, 3.05) is 25.0 Å². The van der Waals surface area contributed by atoms with E-state index in [1.54, 1.807) is 23.1 Å². The molecule has 0 saturated carbocycles. The number of piperidine rings is 1. The molecule has 4 rings (SSSR count). The predicted octanol–water partition coefficient (Wildman–Crippen LogP) is 1.80. The van der Waals surface area contributed by atoms with Crippen LogP contribution in [0.2, 0.25) is 0 Å². The summed E-state index contributed by atoms with van der Waals surface area (Å²) in [5, 5.41) is 8.07. The fourth-order valence-corrected chi connectivity index (χ4v) is 4.20. The van der Waals surface area contributed by atoms with Gasteiger partial charge in [0, 0.05) is 37.6 Å². The number of likely N-dealkylation sites (tertiary alicyclic amines) is 1. The fraction of sp³-hybridized carbons (Fsp3) is 0.600. The lowest BCUT2D eigenvalue weighted by atomic mass is 10.0. The van der Waals surface area contributed by atoms with Crippen molar-refractivity contribution < 1.29 is 0 Å². The standard InChI is InChI=1S/C20H28N6O/c1-15-20(22-9-8-21-15)23-14-17-6-2-3-10-25(17)11-12-26-19(27)13-16-5-4-7-18(16)24-26/h8-9,13,17H,2-7,10-12,14H2,1H3,(H,22,23). The summed E-state index contributed by atoms with van der Waals surface area (Å²) in [5.41, 5.74) is 3.23. The van der Waals surface area contributed by atoms with Gasteiger partial charge in [0.15, 0.2) is 0 Å². The first kappa shape index (κ1) is 18.1. The molecule has 0 spiro atoms. The summed E-state index contributed by atoms with van der Waals surface area (Å²) in [4.78, 5) is 23.5. The molecule has 1 unspecified atom stereocenters. The Kier molecular flexibility index (Phi) is 5.48. The third-order valence-corrected chi connectivity index (χ3v) is 5.76. The van der Waals surface area contributed by atoms with Crippen molar-refractivity contribution in [2.45, 2.75) is 58.0 Å². The number of hydrogen-bond donors (Lipinski definition) is 1. The molecule has 0 aromatic carbocycles. The molecular formula is C20H28N6O. The van der Waals surface area contributed by atoms with Gasteiger partial charge < -0.3 is 5.32 Å². The summed E-state index contributed by atoms with van der Waals surface area (Å²) in [6, 6.07) is 2.24. The SMILES string of the molecule is Cc1nccnc1NCC1CCCCN1CCn1nc2c(cc1=O)CCC2. The highest BCUT2D eigenvalue weighted by Gasteiger charge is 2.23. The Hall–Kier alpha value is -2.28. The van der Waals surface area contributed by atoms with Crippen LogP contribution in [0.25, 0.3) is 0 Å². The second kappa shape index (κ2) is 8.17. The van der Waals surface area contributed by atoms with E-state index in [9.17, 15) is 4.79 Å². The summed E-state index contributed by atoms with van der Waals surface area (Å²) in [5.74, 6) is 0.861. The van der Waals surface area contributed by atoms with E-state index < -0.39 is 0 Å². The molecular weight excluding hydrogens is 340 g/mol.